The smallest absolute Gasteiger partial charge is 0.0772 e. The Kier molecular flexibility index (Phi) is 2.07. The van der Waals surface area contributed by atoms with Crippen LogP contribution in [0.4, 0.5) is 5.69 Å². The van der Waals surface area contributed by atoms with Gasteiger partial charge in [0.2, 0.25) is 0 Å². The van der Waals surface area contributed by atoms with Crippen molar-refractivity contribution < 1.29 is 4.74 Å². The van der Waals surface area contributed by atoms with Crippen molar-refractivity contribution in [3.8, 4) is 0 Å². The average Bonchev–Trinajstić information content (AvgIpc) is 2.68. The minimum atomic E-state index is 0.423. The second kappa shape index (κ2) is 3.57. The first-order chi connectivity index (χ1) is 9.17. The van der Waals surface area contributed by atoms with Gasteiger partial charge >= 0.3 is 0 Å². The zero-order valence-electron chi connectivity index (χ0n) is 10.9. The molecule has 19 heavy (non-hydrogen) atoms. The van der Waals surface area contributed by atoms with Crippen molar-refractivity contribution in [3.05, 3.63) is 30.1 Å². The summed E-state index contributed by atoms with van der Waals surface area (Å²) in [5, 5.41) is 12.1. The molecule has 2 aromatic heterocycles. The monoisotopic (exact) mass is 256 g/mol. The molecule has 4 heterocycles. The number of aromatic nitrogens is 2. The summed E-state index contributed by atoms with van der Waals surface area (Å²) in [5.74, 6) is 0. The number of hydrogen-bond donors (Lipinski definition) is 1. The van der Waals surface area contributed by atoms with Crippen LogP contribution in [0.5, 0.6) is 0 Å². The zero-order chi connectivity index (χ0) is 13.0. The average molecular weight is 256 g/mol. The third-order valence-electron chi connectivity index (χ3n) is 4.14. The van der Waals surface area contributed by atoms with Crippen molar-refractivity contribution in [1.29, 1.82) is 5.41 Å². The van der Waals surface area contributed by atoms with E-state index in [9.17, 15) is 0 Å². The van der Waals surface area contributed by atoms with E-state index in [4.69, 9.17) is 10.1 Å². The SMILES string of the molecule is CC(=N)c1cnn2ccc(N3CC4(COC4)C3)cc12. The lowest BCUT2D eigenvalue weighted by molar-refractivity contribution is -0.127. The Morgan fingerprint density at radius 2 is 2.21 bits per heavy atom. The molecule has 1 spiro atoms. The summed E-state index contributed by atoms with van der Waals surface area (Å²) >= 11 is 0. The third-order valence-corrected chi connectivity index (χ3v) is 4.14. The van der Waals surface area contributed by atoms with E-state index in [2.05, 4.69) is 22.1 Å². The fourth-order valence-corrected chi connectivity index (χ4v) is 2.97. The van der Waals surface area contributed by atoms with Gasteiger partial charge in [-0.3, -0.25) is 0 Å². The van der Waals surface area contributed by atoms with Crippen LogP contribution < -0.4 is 4.90 Å². The van der Waals surface area contributed by atoms with Gasteiger partial charge < -0.3 is 15.0 Å². The van der Waals surface area contributed by atoms with Crippen LogP contribution in [0, 0.1) is 10.8 Å². The van der Waals surface area contributed by atoms with Crippen molar-refractivity contribution in [2.75, 3.05) is 31.2 Å². The molecule has 2 fully saturated rings. The van der Waals surface area contributed by atoms with Gasteiger partial charge in [0.15, 0.2) is 0 Å². The topological polar surface area (TPSA) is 53.6 Å². The normalized spacial score (nSPS) is 20.4. The molecule has 2 aliphatic rings. The van der Waals surface area contributed by atoms with E-state index < -0.39 is 0 Å². The summed E-state index contributed by atoms with van der Waals surface area (Å²) in [6, 6.07) is 4.22. The third kappa shape index (κ3) is 1.51. The van der Waals surface area contributed by atoms with E-state index in [-0.39, 0.29) is 0 Å². The predicted octanol–water partition coefficient (Wildman–Crippen LogP) is 1.56. The highest BCUT2D eigenvalue weighted by atomic mass is 16.5. The number of ether oxygens (including phenoxy) is 1. The van der Waals surface area contributed by atoms with Crippen molar-refractivity contribution in [2.45, 2.75) is 6.92 Å². The molecule has 2 saturated heterocycles. The quantitative estimate of drug-likeness (QED) is 0.830. The Hall–Kier alpha value is -1.88. The summed E-state index contributed by atoms with van der Waals surface area (Å²) in [6.07, 6.45) is 3.73. The lowest BCUT2D eigenvalue weighted by atomic mass is 9.78. The van der Waals surface area contributed by atoms with Crippen molar-refractivity contribution in [1.82, 2.24) is 9.61 Å². The Bertz CT molecular complexity index is 663. The first kappa shape index (κ1) is 11.0. The number of pyridine rings is 1. The molecule has 0 saturated carbocycles. The molecule has 98 valence electrons. The van der Waals surface area contributed by atoms with Gasteiger partial charge in [0.25, 0.3) is 0 Å². The Balaban J connectivity index is 1.68. The minimum absolute atomic E-state index is 0.423. The molecule has 5 nitrogen and oxygen atoms in total. The fraction of sp³-hybridized carbons (Fsp3) is 0.429. The second-order valence-electron chi connectivity index (χ2n) is 5.75. The van der Waals surface area contributed by atoms with E-state index in [0.29, 0.717) is 11.1 Å². The molecule has 2 aromatic rings. The van der Waals surface area contributed by atoms with E-state index in [1.165, 1.54) is 5.69 Å². The van der Waals surface area contributed by atoms with E-state index >= 15 is 0 Å². The van der Waals surface area contributed by atoms with Crippen LogP contribution in [0.15, 0.2) is 24.5 Å². The van der Waals surface area contributed by atoms with Crippen molar-refractivity contribution in [2.24, 2.45) is 5.41 Å². The van der Waals surface area contributed by atoms with Crippen molar-refractivity contribution >= 4 is 16.9 Å². The molecular weight excluding hydrogens is 240 g/mol. The van der Waals surface area contributed by atoms with Crippen molar-refractivity contribution in [3.63, 3.8) is 0 Å². The number of nitrogens with one attached hydrogen (secondary N) is 1. The van der Waals surface area contributed by atoms with E-state index in [1.54, 1.807) is 13.1 Å². The maximum Gasteiger partial charge on any atom is 0.0772 e. The first-order valence-corrected chi connectivity index (χ1v) is 6.53. The summed E-state index contributed by atoms with van der Waals surface area (Å²) in [6.45, 7) is 5.77. The lowest BCUT2D eigenvalue weighted by Gasteiger charge is -2.56. The molecule has 2 aliphatic heterocycles. The molecule has 0 amide bonds. The van der Waals surface area contributed by atoms with Crippen LogP contribution in [-0.2, 0) is 4.74 Å². The molecule has 0 radical (unpaired) electrons. The molecule has 1 N–H and O–H groups in total. The highest BCUT2D eigenvalue weighted by Gasteiger charge is 2.49. The number of fused-ring (bicyclic) bond motifs is 1. The standard InChI is InChI=1S/C14H16N4O/c1-10(15)12-5-16-18-3-2-11(4-13(12)18)17-6-14(7-17)8-19-9-14/h2-5,15H,6-9H2,1H3. The summed E-state index contributed by atoms with van der Waals surface area (Å²) in [4.78, 5) is 2.37. The van der Waals surface area contributed by atoms with Gasteiger partial charge in [-0.2, -0.15) is 5.10 Å². The van der Waals surface area contributed by atoms with Gasteiger partial charge in [-0.25, -0.2) is 4.52 Å². The molecular formula is C14H16N4O. The Labute approximate surface area is 111 Å². The summed E-state index contributed by atoms with van der Waals surface area (Å²) in [5.41, 5.74) is 4.11. The largest absolute Gasteiger partial charge is 0.380 e. The lowest BCUT2D eigenvalue weighted by Crippen LogP contribution is -2.66. The van der Waals surface area contributed by atoms with Gasteiger partial charge in [-0.15, -0.1) is 0 Å². The Morgan fingerprint density at radius 1 is 1.42 bits per heavy atom. The van der Waals surface area contributed by atoms with Crippen LogP contribution in [0.2, 0.25) is 0 Å². The van der Waals surface area contributed by atoms with Crippen LogP contribution >= 0.6 is 0 Å². The highest BCUT2D eigenvalue weighted by Crippen LogP contribution is 2.40. The fourth-order valence-electron chi connectivity index (χ4n) is 2.97. The zero-order valence-corrected chi connectivity index (χ0v) is 10.9. The first-order valence-electron chi connectivity index (χ1n) is 6.53. The highest BCUT2D eigenvalue weighted by molar-refractivity contribution is 6.02. The Morgan fingerprint density at radius 3 is 2.84 bits per heavy atom. The predicted molar refractivity (Wildman–Crippen MR) is 73.2 cm³/mol. The van der Waals surface area contributed by atoms with Crippen LogP contribution in [0.1, 0.15) is 12.5 Å². The number of nitrogens with zero attached hydrogens (tertiary/aromatic N) is 3. The molecule has 0 atom stereocenters. The molecule has 0 unspecified atom stereocenters. The van der Waals surface area contributed by atoms with Gasteiger partial charge in [-0.1, -0.05) is 0 Å². The molecule has 0 bridgehead atoms. The second-order valence-corrected chi connectivity index (χ2v) is 5.75. The minimum Gasteiger partial charge on any atom is -0.380 e. The van der Waals surface area contributed by atoms with Crippen LogP contribution in [-0.4, -0.2) is 41.6 Å². The molecule has 0 aromatic carbocycles. The number of anilines is 1. The molecule has 0 aliphatic carbocycles. The summed E-state index contributed by atoms with van der Waals surface area (Å²) in [7, 11) is 0. The van der Waals surface area contributed by atoms with Crippen LogP contribution in [0.25, 0.3) is 5.52 Å². The maximum atomic E-state index is 7.79. The van der Waals surface area contributed by atoms with Gasteiger partial charge in [-0.05, 0) is 19.1 Å². The number of rotatable bonds is 2. The van der Waals surface area contributed by atoms with E-state index in [1.807, 2.05) is 10.7 Å². The number of hydrogen-bond acceptors (Lipinski definition) is 4. The van der Waals surface area contributed by atoms with Crippen LogP contribution in [0.3, 0.4) is 0 Å². The van der Waals surface area contributed by atoms with Gasteiger partial charge in [0.1, 0.15) is 0 Å². The molecule has 4 rings (SSSR count). The molecule has 5 heteroatoms. The van der Waals surface area contributed by atoms with Gasteiger partial charge in [0.05, 0.1) is 30.3 Å². The summed E-state index contributed by atoms with van der Waals surface area (Å²) < 4.78 is 7.14. The van der Waals surface area contributed by atoms with E-state index in [0.717, 1.165) is 37.4 Å². The maximum absolute atomic E-state index is 7.79. The van der Waals surface area contributed by atoms with Gasteiger partial charge in [0, 0.05) is 36.2 Å².